The largest absolute Gasteiger partial charge is 0.379 e. The van der Waals surface area contributed by atoms with Gasteiger partial charge in [0, 0.05) is 32.7 Å². The van der Waals surface area contributed by atoms with E-state index < -0.39 is 10.2 Å². The van der Waals surface area contributed by atoms with Gasteiger partial charge in [-0.1, -0.05) is 19.3 Å². The average Bonchev–Trinajstić information content (AvgIpc) is 2.53. The molecule has 0 atom stereocenters. The third kappa shape index (κ3) is 5.49. The smallest absolute Gasteiger partial charge is 0.279 e. The molecule has 7 heteroatoms. The molecule has 21 heavy (non-hydrogen) atoms. The number of nitrogens with one attached hydrogen (secondary N) is 1. The van der Waals surface area contributed by atoms with Crippen molar-refractivity contribution >= 4 is 10.2 Å². The minimum absolute atomic E-state index is 0.176. The van der Waals surface area contributed by atoms with Crippen LogP contribution in [0.4, 0.5) is 0 Å². The van der Waals surface area contributed by atoms with Gasteiger partial charge < -0.3 is 4.74 Å². The molecule has 0 aromatic rings. The van der Waals surface area contributed by atoms with Gasteiger partial charge in [-0.05, 0) is 25.8 Å². The van der Waals surface area contributed by atoms with Crippen LogP contribution in [0.3, 0.4) is 0 Å². The van der Waals surface area contributed by atoms with Gasteiger partial charge >= 0.3 is 0 Å². The molecule has 2 aliphatic rings. The van der Waals surface area contributed by atoms with E-state index in [0.29, 0.717) is 6.54 Å². The number of rotatable bonds is 7. The minimum Gasteiger partial charge on any atom is -0.379 e. The normalized spacial score (nSPS) is 22.8. The zero-order chi connectivity index (χ0) is 15.1. The number of morpholine rings is 1. The predicted molar refractivity (Wildman–Crippen MR) is 83.4 cm³/mol. The summed E-state index contributed by atoms with van der Waals surface area (Å²) >= 11 is 0. The summed E-state index contributed by atoms with van der Waals surface area (Å²) in [5, 5.41) is 0. The van der Waals surface area contributed by atoms with Crippen LogP contribution in [0.15, 0.2) is 0 Å². The average molecular weight is 319 g/mol. The summed E-state index contributed by atoms with van der Waals surface area (Å²) < 4.78 is 34.1. The van der Waals surface area contributed by atoms with Crippen molar-refractivity contribution in [3.63, 3.8) is 0 Å². The molecule has 0 bridgehead atoms. The molecule has 0 radical (unpaired) electrons. The van der Waals surface area contributed by atoms with E-state index in [0.717, 1.165) is 65.0 Å². The van der Waals surface area contributed by atoms with Crippen molar-refractivity contribution < 1.29 is 13.2 Å². The predicted octanol–water partition coefficient (Wildman–Crippen LogP) is 0.808. The second kappa shape index (κ2) is 8.43. The standard InChI is InChI=1S/C14H29N3O3S/c1-16(14-6-3-2-4-7-14)21(18,19)15-8-5-9-17-10-12-20-13-11-17/h14-15H,2-13H2,1H3. The van der Waals surface area contributed by atoms with Gasteiger partial charge in [0.15, 0.2) is 0 Å². The van der Waals surface area contributed by atoms with E-state index in [1.807, 2.05) is 0 Å². The van der Waals surface area contributed by atoms with Crippen LogP contribution in [-0.4, -0.2) is 70.1 Å². The molecular weight excluding hydrogens is 290 g/mol. The van der Waals surface area contributed by atoms with Crippen LogP contribution in [0.25, 0.3) is 0 Å². The zero-order valence-corrected chi connectivity index (χ0v) is 13.9. The SMILES string of the molecule is CN(C1CCCCC1)S(=O)(=O)NCCCN1CCOCC1. The molecule has 1 aliphatic heterocycles. The summed E-state index contributed by atoms with van der Waals surface area (Å²) in [5.41, 5.74) is 0. The van der Waals surface area contributed by atoms with E-state index in [2.05, 4.69) is 9.62 Å². The van der Waals surface area contributed by atoms with Crippen LogP contribution in [-0.2, 0) is 14.9 Å². The fourth-order valence-electron chi connectivity index (χ4n) is 3.07. The van der Waals surface area contributed by atoms with Crippen molar-refractivity contribution in [2.24, 2.45) is 0 Å². The molecule has 2 rings (SSSR count). The van der Waals surface area contributed by atoms with Crippen molar-refractivity contribution in [1.29, 1.82) is 0 Å². The minimum atomic E-state index is -3.32. The number of hydrogen-bond acceptors (Lipinski definition) is 4. The Morgan fingerprint density at radius 3 is 2.52 bits per heavy atom. The highest BCUT2D eigenvalue weighted by Gasteiger charge is 2.26. The van der Waals surface area contributed by atoms with Gasteiger partial charge in [0.25, 0.3) is 10.2 Å². The quantitative estimate of drug-likeness (QED) is 0.705. The van der Waals surface area contributed by atoms with Crippen molar-refractivity contribution in [3.8, 4) is 0 Å². The lowest BCUT2D eigenvalue weighted by Crippen LogP contribution is -2.45. The highest BCUT2D eigenvalue weighted by atomic mass is 32.2. The van der Waals surface area contributed by atoms with Gasteiger partial charge in [0.1, 0.15) is 0 Å². The van der Waals surface area contributed by atoms with Crippen molar-refractivity contribution in [2.45, 2.75) is 44.6 Å². The molecule has 1 heterocycles. The topological polar surface area (TPSA) is 61.9 Å². The van der Waals surface area contributed by atoms with Crippen LogP contribution in [0, 0.1) is 0 Å². The summed E-state index contributed by atoms with van der Waals surface area (Å²) in [6, 6.07) is 0.176. The van der Waals surface area contributed by atoms with Crippen molar-refractivity contribution in [1.82, 2.24) is 13.9 Å². The lowest BCUT2D eigenvalue weighted by molar-refractivity contribution is 0.0376. The number of hydrogen-bond donors (Lipinski definition) is 1. The van der Waals surface area contributed by atoms with Crippen LogP contribution >= 0.6 is 0 Å². The van der Waals surface area contributed by atoms with Gasteiger partial charge in [-0.3, -0.25) is 4.90 Å². The molecular formula is C14H29N3O3S. The Morgan fingerprint density at radius 1 is 1.19 bits per heavy atom. The molecule has 6 nitrogen and oxygen atoms in total. The van der Waals surface area contributed by atoms with Crippen molar-refractivity contribution in [2.75, 3.05) is 46.4 Å². The molecule has 0 aromatic heterocycles. The fraction of sp³-hybridized carbons (Fsp3) is 1.00. The number of nitrogens with zero attached hydrogens (tertiary/aromatic N) is 2. The van der Waals surface area contributed by atoms with E-state index in [9.17, 15) is 8.42 Å². The molecule has 1 saturated carbocycles. The highest BCUT2D eigenvalue weighted by Crippen LogP contribution is 2.22. The van der Waals surface area contributed by atoms with E-state index in [4.69, 9.17) is 4.74 Å². The molecule has 0 spiro atoms. The van der Waals surface area contributed by atoms with Crippen LogP contribution in [0.1, 0.15) is 38.5 Å². The second-order valence-electron chi connectivity index (χ2n) is 6.01. The number of ether oxygens (including phenoxy) is 1. The van der Waals surface area contributed by atoms with Crippen LogP contribution in [0.2, 0.25) is 0 Å². The summed E-state index contributed by atoms with van der Waals surface area (Å²) in [6.07, 6.45) is 6.34. The Morgan fingerprint density at radius 2 is 1.86 bits per heavy atom. The summed E-state index contributed by atoms with van der Waals surface area (Å²) in [5.74, 6) is 0. The molecule has 1 N–H and O–H groups in total. The Labute approximate surface area is 129 Å². The fourth-order valence-corrected chi connectivity index (χ4v) is 4.28. The second-order valence-corrected chi connectivity index (χ2v) is 7.83. The van der Waals surface area contributed by atoms with Gasteiger partial charge in [-0.15, -0.1) is 0 Å². The maximum absolute atomic E-state index is 12.3. The molecule has 2 fully saturated rings. The van der Waals surface area contributed by atoms with Gasteiger partial charge in [0.05, 0.1) is 13.2 Å². The Hall–Kier alpha value is -0.210. The molecule has 0 unspecified atom stereocenters. The van der Waals surface area contributed by atoms with Gasteiger partial charge in [-0.2, -0.15) is 12.7 Å². The first-order chi connectivity index (χ1) is 10.1. The first kappa shape index (κ1) is 17.1. The third-order valence-electron chi connectivity index (χ3n) is 4.51. The van der Waals surface area contributed by atoms with E-state index in [1.54, 1.807) is 11.4 Å². The molecule has 0 amide bonds. The van der Waals surface area contributed by atoms with E-state index in [-0.39, 0.29) is 6.04 Å². The molecule has 1 aliphatic carbocycles. The Balaban J connectivity index is 1.67. The maximum atomic E-state index is 12.3. The van der Waals surface area contributed by atoms with E-state index >= 15 is 0 Å². The first-order valence-corrected chi connectivity index (χ1v) is 9.56. The monoisotopic (exact) mass is 319 g/mol. The molecule has 0 aromatic carbocycles. The third-order valence-corrected chi connectivity index (χ3v) is 6.13. The molecule has 1 saturated heterocycles. The Bertz CT molecular complexity index is 390. The lowest BCUT2D eigenvalue weighted by Gasteiger charge is -2.30. The Kier molecular flexibility index (Phi) is 6.88. The van der Waals surface area contributed by atoms with Gasteiger partial charge in [-0.25, -0.2) is 4.72 Å². The highest BCUT2D eigenvalue weighted by molar-refractivity contribution is 7.87. The lowest BCUT2D eigenvalue weighted by atomic mass is 9.96. The van der Waals surface area contributed by atoms with Crippen LogP contribution in [0.5, 0.6) is 0 Å². The van der Waals surface area contributed by atoms with Crippen LogP contribution < -0.4 is 4.72 Å². The summed E-state index contributed by atoms with van der Waals surface area (Å²) in [4.78, 5) is 2.32. The first-order valence-electron chi connectivity index (χ1n) is 8.12. The molecule has 124 valence electrons. The van der Waals surface area contributed by atoms with Crippen molar-refractivity contribution in [3.05, 3.63) is 0 Å². The zero-order valence-electron chi connectivity index (χ0n) is 13.1. The summed E-state index contributed by atoms with van der Waals surface area (Å²) in [7, 11) is -1.61. The maximum Gasteiger partial charge on any atom is 0.279 e. The summed E-state index contributed by atoms with van der Waals surface area (Å²) in [6.45, 7) is 4.92. The van der Waals surface area contributed by atoms with E-state index in [1.165, 1.54) is 6.42 Å². The van der Waals surface area contributed by atoms with Gasteiger partial charge in [0.2, 0.25) is 0 Å².